The predicted octanol–water partition coefficient (Wildman–Crippen LogP) is 1.59. The maximum Gasteiger partial charge on any atom is 0.263 e. The van der Waals surface area contributed by atoms with Crippen molar-refractivity contribution in [3.05, 3.63) is 0 Å². The molecule has 1 aliphatic rings. The molecule has 60 valence electrons. The van der Waals surface area contributed by atoms with Crippen molar-refractivity contribution in [2.75, 3.05) is 20.1 Å². The zero-order chi connectivity index (χ0) is 7.78. The molecule has 1 saturated heterocycles. The molecular weight excluding hydrogens is 136 g/mol. The van der Waals surface area contributed by atoms with Crippen molar-refractivity contribution < 1.29 is 8.78 Å². The molecule has 0 spiro atoms. The van der Waals surface area contributed by atoms with Gasteiger partial charge in [0.05, 0.1) is 6.54 Å². The molecule has 0 N–H and O–H groups in total. The van der Waals surface area contributed by atoms with Crippen LogP contribution in [0.3, 0.4) is 0 Å². The standard InChI is InChI=1S/C7H13F2N/c1-6-3-4-10(2)5-7(6,8)9/h6H,3-5H2,1-2H3/t6-/m0/s1. The first-order valence-corrected chi connectivity index (χ1v) is 3.59. The van der Waals surface area contributed by atoms with Gasteiger partial charge in [-0.3, -0.25) is 0 Å². The number of likely N-dealkylation sites (tertiary alicyclic amines) is 1. The van der Waals surface area contributed by atoms with Crippen LogP contribution < -0.4 is 0 Å². The zero-order valence-corrected chi connectivity index (χ0v) is 6.40. The van der Waals surface area contributed by atoms with E-state index in [1.807, 2.05) is 0 Å². The largest absolute Gasteiger partial charge is 0.301 e. The molecule has 3 heteroatoms. The van der Waals surface area contributed by atoms with Crippen LogP contribution in [0.4, 0.5) is 8.78 Å². The molecule has 0 aromatic heterocycles. The van der Waals surface area contributed by atoms with Gasteiger partial charge in [0.1, 0.15) is 0 Å². The Hall–Kier alpha value is -0.180. The summed E-state index contributed by atoms with van der Waals surface area (Å²) in [6.45, 7) is 2.35. The monoisotopic (exact) mass is 149 g/mol. The lowest BCUT2D eigenvalue weighted by Crippen LogP contribution is -2.45. The minimum absolute atomic E-state index is 0.0752. The summed E-state index contributed by atoms with van der Waals surface area (Å²) in [6, 6.07) is 0. The van der Waals surface area contributed by atoms with Gasteiger partial charge in [-0.2, -0.15) is 0 Å². The maximum absolute atomic E-state index is 12.8. The summed E-state index contributed by atoms with van der Waals surface area (Å²) in [6.07, 6.45) is 0.615. The van der Waals surface area contributed by atoms with E-state index < -0.39 is 11.8 Å². The first kappa shape index (κ1) is 7.92. The Morgan fingerprint density at radius 3 is 2.50 bits per heavy atom. The summed E-state index contributed by atoms with van der Waals surface area (Å²) < 4.78 is 25.6. The number of halogens is 2. The van der Waals surface area contributed by atoms with Gasteiger partial charge in [0.2, 0.25) is 0 Å². The summed E-state index contributed by atoms with van der Waals surface area (Å²) in [5.74, 6) is -2.91. The Morgan fingerprint density at radius 1 is 1.50 bits per heavy atom. The van der Waals surface area contributed by atoms with Crippen LogP contribution in [0.2, 0.25) is 0 Å². The van der Waals surface area contributed by atoms with Crippen LogP contribution in [-0.4, -0.2) is 31.0 Å². The third kappa shape index (κ3) is 1.45. The van der Waals surface area contributed by atoms with E-state index in [1.54, 1.807) is 18.9 Å². The minimum Gasteiger partial charge on any atom is -0.301 e. The molecule has 1 nitrogen and oxygen atoms in total. The minimum atomic E-state index is -2.47. The van der Waals surface area contributed by atoms with Gasteiger partial charge in [-0.15, -0.1) is 0 Å². The predicted molar refractivity (Wildman–Crippen MR) is 36.2 cm³/mol. The molecule has 0 bridgehead atoms. The van der Waals surface area contributed by atoms with Crippen LogP contribution in [0.25, 0.3) is 0 Å². The Morgan fingerprint density at radius 2 is 2.10 bits per heavy atom. The number of rotatable bonds is 0. The van der Waals surface area contributed by atoms with Gasteiger partial charge in [-0.25, -0.2) is 8.78 Å². The highest BCUT2D eigenvalue weighted by molar-refractivity contribution is 4.82. The summed E-state index contributed by atoms with van der Waals surface area (Å²) in [4.78, 5) is 1.68. The molecular formula is C7H13F2N. The second-order valence-corrected chi connectivity index (χ2v) is 3.19. The number of hydrogen-bond donors (Lipinski definition) is 0. The molecule has 1 rings (SSSR count). The fourth-order valence-electron chi connectivity index (χ4n) is 1.22. The van der Waals surface area contributed by atoms with Crippen LogP contribution in [0.15, 0.2) is 0 Å². The average molecular weight is 149 g/mol. The van der Waals surface area contributed by atoms with Gasteiger partial charge < -0.3 is 4.90 Å². The van der Waals surface area contributed by atoms with Crippen LogP contribution in [-0.2, 0) is 0 Å². The van der Waals surface area contributed by atoms with Crippen LogP contribution in [0.1, 0.15) is 13.3 Å². The van der Waals surface area contributed by atoms with Crippen molar-refractivity contribution in [3.8, 4) is 0 Å². The fourth-order valence-corrected chi connectivity index (χ4v) is 1.22. The summed E-state index contributed by atoms with van der Waals surface area (Å²) >= 11 is 0. The molecule has 0 radical (unpaired) electrons. The number of nitrogens with zero attached hydrogens (tertiary/aromatic N) is 1. The van der Waals surface area contributed by atoms with Gasteiger partial charge in [0.15, 0.2) is 0 Å². The van der Waals surface area contributed by atoms with E-state index in [4.69, 9.17) is 0 Å². The molecule has 0 aromatic carbocycles. The Bertz CT molecular complexity index is 125. The van der Waals surface area contributed by atoms with E-state index in [0.717, 1.165) is 6.54 Å². The molecule has 1 atom stereocenters. The lowest BCUT2D eigenvalue weighted by atomic mass is 9.95. The third-order valence-electron chi connectivity index (χ3n) is 2.15. The van der Waals surface area contributed by atoms with Crippen molar-refractivity contribution in [1.29, 1.82) is 0 Å². The van der Waals surface area contributed by atoms with E-state index in [0.29, 0.717) is 6.42 Å². The van der Waals surface area contributed by atoms with Crippen molar-refractivity contribution >= 4 is 0 Å². The topological polar surface area (TPSA) is 3.24 Å². The normalized spacial score (nSPS) is 34.2. The smallest absolute Gasteiger partial charge is 0.263 e. The Kier molecular flexibility index (Phi) is 1.95. The zero-order valence-electron chi connectivity index (χ0n) is 6.40. The molecule has 0 aromatic rings. The van der Waals surface area contributed by atoms with E-state index in [1.165, 1.54) is 0 Å². The summed E-state index contributed by atoms with van der Waals surface area (Å²) in [5, 5.41) is 0. The van der Waals surface area contributed by atoms with Crippen molar-refractivity contribution in [2.45, 2.75) is 19.3 Å². The van der Waals surface area contributed by atoms with Crippen LogP contribution in [0.5, 0.6) is 0 Å². The van der Waals surface area contributed by atoms with E-state index in [2.05, 4.69) is 0 Å². The highest BCUT2D eigenvalue weighted by atomic mass is 19.3. The Balaban J connectivity index is 2.55. The molecule has 0 aliphatic carbocycles. The van der Waals surface area contributed by atoms with E-state index >= 15 is 0 Å². The number of piperidine rings is 1. The second kappa shape index (κ2) is 2.46. The third-order valence-corrected chi connectivity index (χ3v) is 2.15. The lowest BCUT2D eigenvalue weighted by Gasteiger charge is -2.34. The van der Waals surface area contributed by atoms with Gasteiger partial charge >= 0.3 is 0 Å². The first-order chi connectivity index (χ1) is 4.52. The molecule has 1 fully saturated rings. The van der Waals surface area contributed by atoms with Gasteiger partial charge in [-0.1, -0.05) is 6.92 Å². The highest BCUT2D eigenvalue weighted by Gasteiger charge is 2.40. The lowest BCUT2D eigenvalue weighted by molar-refractivity contribution is -0.0985. The van der Waals surface area contributed by atoms with Gasteiger partial charge in [0.25, 0.3) is 5.92 Å². The quantitative estimate of drug-likeness (QED) is 0.505. The van der Waals surface area contributed by atoms with Gasteiger partial charge in [0, 0.05) is 5.92 Å². The molecule has 1 heterocycles. The highest BCUT2D eigenvalue weighted by Crippen LogP contribution is 2.31. The molecule has 0 amide bonds. The first-order valence-electron chi connectivity index (χ1n) is 3.59. The number of hydrogen-bond acceptors (Lipinski definition) is 1. The van der Waals surface area contributed by atoms with Gasteiger partial charge in [-0.05, 0) is 20.0 Å². The van der Waals surface area contributed by atoms with Crippen LogP contribution >= 0.6 is 0 Å². The van der Waals surface area contributed by atoms with Crippen molar-refractivity contribution in [1.82, 2.24) is 4.90 Å². The van der Waals surface area contributed by atoms with Crippen molar-refractivity contribution in [2.24, 2.45) is 5.92 Å². The average Bonchev–Trinajstić information content (AvgIpc) is 1.78. The fraction of sp³-hybridized carbons (Fsp3) is 1.00. The molecule has 0 saturated carbocycles. The maximum atomic E-state index is 12.8. The summed E-state index contributed by atoms with van der Waals surface area (Å²) in [5.41, 5.74) is 0. The molecule has 0 unspecified atom stereocenters. The van der Waals surface area contributed by atoms with E-state index in [9.17, 15) is 8.78 Å². The Labute approximate surface area is 60.0 Å². The summed E-state index contributed by atoms with van der Waals surface area (Å²) in [7, 11) is 1.74. The van der Waals surface area contributed by atoms with Crippen molar-refractivity contribution in [3.63, 3.8) is 0 Å². The SMILES string of the molecule is C[C@H]1CCN(C)CC1(F)F. The molecule has 10 heavy (non-hydrogen) atoms. The molecule has 1 aliphatic heterocycles. The van der Waals surface area contributed by atoms with E-state index in [-0.39, 0.29) is 6.54 Å². The van der Waals surface area contributed by atoms with Crippen LogP contribution in [0, 0.1) is 5.92 Å². The second-order valence-electron chi connectivity index (χ2n) is 3.19. The number of alkyl halides is 2.